The van der Waals surface area contributed by atoms with E-state index in [-0.39, 0.29) is 4.90 Å². The smallest absolute Gasteiger partial charge is 0.238 e. The summed E-state index contributed by atoms with van der Waals surface area (Å²) in [5, 5.41) is 5.27. The van der Waals surface area contributed by atoms with Crippen LogP contribution in [-0.4, -0.2) is 21.5 Å². The summed E-state index contributed by atoms with van der Waals surface area (Å²) in [6, 6.07) is 3.71. The van der Waals surface area contributed by atoms with Gasteiger partial charge in [0.1, 0.15) is 0 Å². The van der Waals surface area contributed by atoms with Gasteiger partial charge in [-0.25, -0.2) is 13.6 Å². The number of rotatable bonds is 3. The van der Waals surface area contributed by atoms with E-state index in [1.165, 1.54) is 25.3 Å². The molecular weight excluding hydrogens is 274 g/mol. The first kappa shape index (κ1) is 15.1. The molecule has 0 spiro atoms. The summed E-state index contributed by atoms with van der Waals surface area (Å²) in [5.41, 5.74) is 7.81. The third kappa shape index (κ3) is 3.07. The standard InChI is InChI=1S/C14H23N3O2S/c1-10-13(17(2)12-6-4-3-5-7-12)8-11(15)9-14(10)20(16,18)19/h8-9,12H,3-7,15H2,1-2H3,(H2,16,18,19). The molecule has 1 aromatic carbocycles. The van der Waals surface area contributed by atoms with Crippen molar-refractivity contribution in [1.29, 1.82) is 0 Å². The van der Waals surface area contributed by atoms with Crippen molar-refractivity contribution in [3.63, 3.8) is 0 Å². The van der Waals surface area contributed by atoms with Gasteiger partial charge in [-0.2, -0.15) is 0 Å². The lowest BCUT2D eigenvalue weighted by molar-refractivity contribution is 0.427. The zero-order chi connectivity index (χ0) is 14.9. The van der Waals surface area contributed by atoms with Crippen LogP contribution in [0.15, 0.2) is 17.0 Å². The predicted octanol–water partition coefficient (Wildman–Crippen LogP) is 1.99. The third-order valence-corrected chi connectivity index (χ3v) is 5.20. The van der Waals surface area contributed by atoms with Gasteiger partial charge >= 0.3 is 0 Å². The second kappa shape index (κ2) is 5.61. The van der Waals surface area contributed by atoms with Crippen molar-refractivity contribution < 1.29 is 8.42 Å². The van der Waals surface area contributed by atoms with E-state index in [0.717, 1.165) is 18.5 Å². The van der Waals surface area contributed by atoms with Crippen molar-refractivity contribution in [2.75, 3.05) is 17.7 Å². The van der Waals surface area contributed by atoms with Crippen LogP contribution in [0.25, 0.3) is 0 Å². The molecule has 0 aliphatic heterocycles. The van der Waals surface area contributed by atoms with Crippen LogP contribution in [0.2, 0.25) is 0 Å². The summed E-state index contributed by atoms with van der Waals surface area (Å²) in [6.45, 7) is 1.79. The van der Waals surface area contributed by atoms with Crippen molar-refractivity contribution in [1.82, 2.24) is 0 Å². The van der Waals surface area contributed by atoms with Gasteiger partial charge in [0.2, 0.25) is 10.0 Å². The molecule has 0 aromatic heterocycles. The van der Waals surface area contributed by atoms with Crippen LogP contribution in [0.4, 0.5) is 11.4 Å². The van der Waals surface area contributed by atoms with Crippen LogP contribution >= 0.6 is 0 Å². The van der Waals surface area contributed by atoms with Gasteiger partial charge in [-0.1, -0.05) is 19.3 Å². The van der Waals surface area contributed by atoms with E-state index in [1.807, 2.05) is 13.1 Å². The number of benzene rings is 1. The first-order valence-corrected chi connectivity index (χ1v) is 8.51. The Morgan fingerprint density at radius 2 is 1.80 bits per heavy atom. The fourth-order valence-electron chi connectivity index (χ4n) is 3.02. The van der Waals surface area contributed by atoms with Gasteiger partial charge < -0.3 is 10.6 Å². The SMILES string of the molecule is Cc1c(N(C)C2CCCCC2)cc(N)cc1S(N)(=O)=O. The Morgan fingerprint density at radius 1 is 1.20 bits per heavy atom. The zero-order valence-electron chi connectivity index (χ0n) is 12.1. The molecule has 20 heavy (non-hydrogen) atoms. The van der Waals surface area contributed by atoms with Gasteiger partial charge in [0, 0.05) is 24.5 Å². The van der Waals surface area contributed by atoms with Crippen LogP contribution < -0.4 is 15.8 Å². The quantitative estimate of drug-likeness (QED) is 0.835. The minimum absolute atomic E-state index is 0.121. The molecule has 1 aromatic rings. The normalized spacial score (nSPS) is 17.1. The average Bonchev–Trinajstić information content (AvgIpc) is 2.40. The third-order valence-electron chi connectivity index (χ3n) is 4.16. The molecular formula is C14H23N3O2S. The van der Waals surface area contributed by atoms with Crippen LogP contribution in [0.5, 0.6) is 0 Å². The van der Waals surface area contributed by atoms with Crippen molar-refractivity contribution >= 4 is 21.4 Å². The van der Waals surface area contributed by atoms with Crippen LogP contribution in [0, 0.1) is 6.92 Å². The lowest BCUT2D eigenvalue weighted by Gasteiger charge is -2.34. The van der Waals surface area contributed by atoms with E-state index in [2.05, 4.69) is 4.90 Å². The van der Waals surface area contributed by atoms with Gasteiger partial charge in [-0.15, -0.1) is 0 Å². The maximum absolute atomic E-state index is 11.7. The highest BCUT2D eigenvalue weighted by Gasteiger charge is 2.23. The largest absolute Gasteiger partial charge is 0.399 e. The van der Waals surface area contributed by atoms with E-state index in [1.54, 1.807) is 6.92 Å². The number of nitrogens with zero attached hydrogens (tertiary/aromatic N) is 1. The van der Waals surface area contributed by atoms with Gasteiger partial charge in [-0.3, -0.25) is 0 Å². The number of nitrogen functional groups attached to an aromatic ring is 1. The zero-order valence-corrected chi connectivity index (χ0v) is 12.9. The van der Waals surface area contributed by atoms with Crippen LogP contribution in [-0.2, 0) is 10.0 Å². The molecule has 0 amide bonds. The van der Waals surface area contributed by atoms with Crippen LogP contribution in [0.3, 0.4) is 0 Å². The molecule has 1 fully saturated rings. The molecule has 0 radical (unpaired) electrons. The number of anilines is 2. The lowest BCUT2D eigenvalue weighted by atomic mass is 9.94. The highest BCUT2D eigenvalue weighted by molar-refractivity contribution is 7.89. The van der Waals surface area contributed by atoms with E-state index in [4.69, 9.17) is 10.9 Å². The minimum atomic E-state index is -3.75. The fourth-order valence-corrected chi connectivity index (χ4v) is 3.85. The van der Waals surface area contributed by atoms with Crippen LogP contribution in [0.1, 0.15) is 37.7 Å². The van der Waals surface area contributed by atoms with Gasteiger partial charge in [0.15, 0.2) is 0 Å². The second-order valence-electron chi connectivity index (χ2n) is 5.61. The lowest BCUT2D eigenvalue weighted by Crippen LogP contribution is -2.34. The Morgan fingerprint density at radius 3 is 2.35 bits per heavy atom. The highest BCUT2D eigenvalue weighted by Crippen LogP contribution is 2.32. The highest BCUT2D eigenvalue weighted by atomic mass is 32.2. The summed E-state index contributed by atoms with van der Waals surface area (Å²) in [4.78, 5) is 2.27. The molecule has 1 aliphatic rings. The molecule has 0 saturated heterocycles. The number of sulfonamides is 1. The molecule has 6 heteroatoms. The summed E-state index contributed by atoms with van der Waals surface area (Å²) in [6.07, 6.45) is 5.99. The van der Waals surface area contributed by atoms with Gasteiger partial charge in [0.25, 0.3) is 0 Å². The van der Waals surface area contributed by atoms with Gasteiger partial charge in [-0.05, 0) is 37.5 Å². The van der Waals surface area contributed by atoms with Crippen molar-refractivity contribution in [2.45, 2.75) is 50.0 Å². The first-order valence-electron chi connectivity index (χ1n) is 6.96. The Bertz CT molecular complexity index is 593. The van der Waals surface area contributed by atoms with E-state index < -0.39 is 10.0 Å². The predicted molar refractivity (Wildman–Crippen MR) is 82.2 cm³/mol. The summed E-state index contributed by atoms with van der Waals surface area (Å²) >= 11 is 0. The maximum atomic E-state index is 11.7. The Balaban J connectivity index is 2.43. The number of primary sulfonamides is 1. The molecule has 112 valence electrons. The van der Waals surface area contributed by atoms with Crippen molar-refractivity contribution in [3.05, 3.63) is 17.7 Å². The summed E-state index contributed by atoms with van der Waals surface area (Å²) in [5.74, 6) is 0. The van der Waals surface area contributed by atoms with Crippen molar-refractivity contribution in [3.8, 4) is 0 Å². The Hall–Kier alpha value is -1.27. The first-order chi connectivity index (χ1) is 9.30. The summed E-state index contributed by atoms with van der Waals surface area (Å²) < 4.78 is 23.3. The number of hydrogen-bond acceptors (Lipinski definition) is 4. The summed E-state index contributed by atoms with van der Waals surface area (Å²) in [7, 11) is -1.74. The maximum Gasteiger partial charge on any atom is 0.238 e. The van der Waals surface area contributed by atoms with E-state index in [9.17, 15) is 8.42 Å². The molecule has 5 nitrogen and oxygen atoms in total. The topological polar surface area (TPSA) is 89.4 Å². The Kier molecular flexibility index (Phi) is 4.25. The number of hydrogen-bond donors (Lipinski definition) is 2. The molecule has 4 N–H and O–H groups in total. The Labute approximate surface area is 121 Å². The molecule has 0 unspecified atom stereocenters. The average molecular weight is 297 g/mol. The molecule has 1 aliphatic carbocycles. The molecule has 0 bridgehead atoms. The molecule has 0 heterocycles. The number of nitrogens with two attached hydrogens (primary N) is 2. The molecule has 1 saturated carbocycles. The second-order valence-corrected chi connectivity index (χ2v) is 7.14. The molecule has 0 atom stereocenters. The van der Waals surface area contributed by atoms with Gasteiger partial charge in [0.05, 0.1) is 4.90 Å². The van der Waals surface area contributed by atoms with E-state index in [0.29, 0.717) is 17.3 Å². The van der Waals surface area contributed by atoms with Crippen molar-refractivity contribution in [2.24, 2.45) is 5.14 Å². The molecule has 2 rings (SSSR count). The van der Waals surface area contributed by atoms with E-state index >= 15 is 0 Å². The monoisotopic (exact) mass is 297 g/mol. The minimum Gasteiger partial charge on any atom is -0.399 e. The fraction of sp³-hybridized carbons (Fsp3) is 0.571.